The topological polar surface area (TPSA) is 84.9 Å². The van der Waals surface area contributed by atoms with Crippen LogP contribution in [0.15, 0.2) is 71.6 Å². The Kier molecular flexibility index (Phi) is 8.53. The van der Waals surface area contributed by atoms with Gasteiger partial charge in [-0.25, -0.2) is 0 Å². The molecule has 0 saturated carbocycles. The van der Waals surface area contributed by atoms with E-state index in [9.17, 15) is 14.4 Å². The number of rotatable bonds is 9. The fraction of sp³-hybridized carbons (Fsp3) is 0.179. The van der Waals surface area contributed by atoms with E-state index in [-0.39, 0.29) is 24.3 Å². The number of ether oxygens (including phenoxy) is 2. The van der Waals surface area contributed by atoms with Crippen molar-refractivity contribution in [3.05, 3.63) is 93.3 Å². The van der Waals surface area contributed by atoms with Crippen LogP contribution in [0.3, 0.4) is 0 Å². The highest BCUT2D eigenvalue weighted by molar-refractivity contribution is 8.18. The van der Waals surface area contributed by atoms with Crippen molar-refractivity contribution in [3.63, 3.8) is 0 Å². The lowest BCUT2D eigenvalue weighted by Gasteiger charge is -2.13. The van der Waals surface area contributed by atoms with Crippen LogP contribution >= 0.6 is 23.4 Å². The summed E-state index contributed by atoms with van der Waals surface area (Å²) in [7, 11) is 1.48. The summed E-state index contributed by atoms with van der Waals surface area (Å²) in [6, 6.07) is 19.8. The first-order valence-electron chi connectivity index (χ1n) is 11.6. The number of aryl methyl sites for hydroxylation is 1. The smallest absolute Gasteiger partial charge is 0.293 e. The van der Waals surface area contributed by atoms with Gasteiger partial charge in [0.15, 0.2) is 18.1 Å². The van der Waals surface area contributed by atoms with E-state index in [1.165, 1.54) is 17.6 Å². The number of carbonyl (C=O) groups is 3. The average Bonchev–Trinajstić information content (AvgIpc) is 3.16. The zero-order chi connectivity index (χ0) is 26.4. The van der Waals surface area contributed by atoms with Gasteiger partial charge in [-0.3, -0.25) is 19.3 Å². The summed E-state index contributed by atoms with van der Waals surface area (Å²) >= 11 is 7.05. The molecule has 7 nitrogen and oxygen atoms in total. The number of amides is 3. The molecule has 3 aromatic rings. The third-order valence-corrected chi connectivity index (χ3v) is 6.93. The SMILES string of the molecule is CCc1ccc(NC(=O)COc2ccc(/C=C3\SC(=O)N(Cc4ccccc4Cl)C3=O)cc2OC)cc1. The first kappa shape index (κ1) is 26.3. The molecule has 0 bridgehead atoms. The minimum Gasteiger partial charge on any atom is -0.493 e. The molecule has 9 heteroatoms. The van der Waals surface area contributed by atoms with Crippen molar-refractivity contribution in [1.82, 2.24) is 4.90 Å². The molecule has 190 valence electrons. The second-order valence-electron chi connectivity index (χ2n) is 8.16. The second kappa shape index (κ2) is 12.0. The van der Waals surface area contributed by atoms with Crippen molar-refractivity contribution < 1.29 is 23.9 Å². The first-order valence-corrected chi connectivity index (χ1v) is 12.8. The number of hydrogen-bond donors (Lipinski definition) is 1. The van der Waals surface area contributed by atoms with Gasteiger partial charge in [0.05, 0.1) is 18.6 Å². The molecule has 1 saturated heterocycles. The van der Waals surface area contributed by atoms with Gasteiger partial charge in [0.1, 0.15) is 0 Å². The number of thioether (sulfide) groups is 1. The summed E-state index contributed by atoms with van der Waals surface area (Å²) in [6.45, 7) is 1.96. The highest BCUT2D eigenvalue weighted by atomic mass is 35.5. The predicted molar refractivity (Wildman–Crippen MR) is 146 cm³/mol. The standard InChI is InChI=1S/C28H25ClN2O5S/c1-3-18-8-11-21(12-9-18)30-26(32)17-36-23-13-10-19(14-24(23)35-2)15-25-27(33)31(28(34)37-25)16-20-6-4-5-7-22(20)29/h4-15H,3,16-17H2,1-2H3,(H,30,32)/b25-15-. The van der Waals surface area contributed by atoms with Crippen LogP contribution in [-0.4, -0.2) is 35.7 Å². The second-order valence-corrected chi connectivity index (χ2v) is 9.56. The molecule has 1 heterocycles. The molecule has 0 atom stereocenters. The number of nitrogens with one attached hydrogen (secondary N) is 1. The normalized spacial score (nSPS) is 14.2. The number of imide groups is 1. The Bertz CT molecular complexity index is 1360. The number of carbonyl (C=O) groups excluding carboxylic acids is 3. The zero-order valence-electron chi connectivity index (χ0n) is 20.3. The van der Waals surface area contributed by atoms with Crippen LogP contribution in [0.2, 0.25) is 5.02 Å². The molecule has 4 rings (SSSR count). The van der Waals surface area contributed by atoms with Gasteiger partial charge in [0.25, 0.3) is 17.1 Å². The van der Waals surface area contributed by atoms with E-state index in [0.717, 1.165) is 18.2 Å². The molecule has 1 fully saturated rings. The van der Waals surface area contributed by atoms with Crippen LogP contribution in [0.25, 0.3) is 6.08 Å². The van der Waals surface area contributed by atoms with Gasteiger partial charge < -0.3 is 14.8 Å². The molecule has 0 radical (unpaired) electrons. The van der Waals surface area contributed by atoms with Gasteiger partial charge in [-0.15, -0.1) is 0 Å². The van der Waals surface area contributed by atoms with Gasteiger partial charge in [-0.2, -0.15) is 0 Å². The van der Waals surface area contributed by atoms with Crippen LogP contribution in [0.1, 0.15) is 23.6 Å². The molecule has 3 amide bonds. The van der Waals surface area contributed by atoms with Crippen molar-refractivity contribution in [1.29, 1.82) is 0 Å². The predicted octanol–water partition coefficient (Wildman–Crippen LogP) is 6.17. The summed E-state index contributed by atoms with van der Waals surface area (Å²) in [6.07, 6.45) is 2.55. The largest absolute Gasteiger partial charge is 0.493 e. The van der Waals surface area contributed by atoms with Crippen LogP contribution < -0.4 is 14.8 Å². The molecule has 3 aromatic carbocycles. The molecule has 1 aliphatic heterocycles. The fourth-order valence-corrected chi connectivity index (χ4v) is 4.68. The lowest BCUT2D eigenvalue weighted by Crippen LogP contribution is -2.27. The van der Waals surface area contributed by atoms with Gasteiger partial charge in [-0.05, 0) is 71.3 Å². The Hall–Kier alpha value is -3.75. The number of nitrogens with zero attached hydrogens (tertiary/aromatic N) is 1. The Morgan fingerprint density at radius 2 is 1.81 bits per heavy atom. The molecule has 0 aromatic heterocycles. The maximum Gasteiger partial charge on any atom is 0.293 e. The molecule has 0 aliphatic carbocycles. The van der Waals surface area contributed by atoms with Crippen LogP contribution in [0, 0.1) is 0 Å². The molecule has 0 spiro atoms. The molecule has 37 heavy (non-hydrogen) atoms. The van der Waals surface area contributed by atoms with Crippen molar-refractivity contribution >= 4 is 52.2 Å². The van der Waals surface area contributed by atoms with Gasteiger partial charge in [0, 0.05) is 10.7 Å². The molecular formula is C28H25ClN2O5S. The maximum atomic E-state index is 12.9. The number of halogens is 1. The van der Waals surface area contributed by atoms with Crippen LogP contribution in [0.5, 0.6) is 11.5 Å². The minimum atomic E-state index is -0.391. The molecule has 0 unspecified atom stereocenters. The summed E-state index contributed by atoms with van der Waals surface area (Å²) in [5, 5.41) is 2.93. The van der Waals surface area contributed by atoms with Crippen molar-refractivity contribution in [2.24, 2.45) is 0 Å². The Morgan fingerprint density at radius 3 is 2.51 bits per heavy atom. The summed E-state index contributed by atoms with van der Waals surface area (Å²) in [5.74, 6) is 0.0764. The van der Waals surface area contributed by atoms with Crippen LogP contribution in [-0.2, 0) is 22.6 Å². The van der Waals surface area contributed by atoms with Crippen LogP contribution in [0.4, 0.5) is 10.5 Å². The molecular weight excluding hydrogens is 512 g/mol. The Labute approximate surface area is 224 Å². The van der Waals surface area contributed by atoms with Crippen molar-refractivity contribution in [2.75, 3.05) is 19.0 Å². The summed E-state index contributed by atoms with van der Waals surface area (Å²) in [4.78, 5) is 39.2. The molecule has 1 aliphatic rings. The van der Waals surface area contributed by atoms with Gasteiger partial charge >= 0.3 is 0 Å². The summed E-state index contributed by atoms with van der Waals surface area (Å²) < 4.78 is 11.1. The Morgan fingerprint density at radius 1 is 1.05 bits per heavy atom. The number of benzene rings is 3. The van der Waals surface area contributed by atoms with E-state index in [4.69, 9.17) is 21.1 Å². The lowest BCUT2D eigenvalue weighted by molar-refractivity contribution is -0.123. The summed E-state index contributed by atoms with van der Waals surface area (Å²) in [5.41, 5.74) is 3.21. The van der Waals surface area contributed by atoms with Gasteiger partial charge in [0.2, 0.25) is 0 Å². The third kappa shape index (κ3) is 6.53. The van der Waals surface area contributed by atoms with E-state index in [0.29, 0.717) is 38.2 Å². The molecule has 1 N–H and O–H groups in total. The zero-order valence-corrected chi connectivity index (χ0v) is 21.9. The highest BCUT2D eigenvalue weighted by Crippen LogP contribution is 2.36. The van der Waals surface area contributed by atoms with E-state index in [1.54, 1.807) is 48.5 Å². The minimum absolute atomic E-state index is 0.0998. The maximum absolute atomic E-state index is 12.9. The van der Waals surface area contributed by atoms with Crippen molar-refractivity contribution in [2.45, 2.75) is 19.9 Å². The fourth-order valence-electron chi connectivity index (χ4n) is 3.64. The van der Waals surface area contributed by atoms with Crippen molar-refractivity contribution in [3.8, 4) is 11.5 Å². The Balaban J connectivity index is 1.41. The van der Waals surface area contributed by atoms with E-state index < -0.39 is 5.91 Å². The van der Waals surface area contributed by atoms with Gasteiger partial charge in [-0.1, -0.05) is 54.9 Å². The van der Waals surface area contributed by atoms with E-state index in [2.05, 4.69) is 12.2 Å². The highest BCUT2D eigenvalue weighted by Gasteiger charge is 2.35. The number of anilines is 1. The number of hydrogen-bond acceptors (Lipinski definition) is 6. The quantitative estimate of drug-likeness (QED) is 0.329. The third-order valence-electron chi connectivity index (χ3n) is 5.65. The van der Waals surface area contributed by atoms with E-state index in [1.807, 2.05) is 24.3 Å². The first-order chi connectivity index (χ1) is 17.9. The number of methoxy groups -OCH3 is 1. The average molecular weight is 537 g/mol. The van der Waals surface area contributed by atoms with E-state index >= 15 is 0 Å². The monoisotopic (exact) mass is 536 g/mol. The lowest BCUT2D eigenvalue weighted by atomic mass is 10.1.